The Morgan fingerprint density at radius 1 is 0.574 bits per heavy atom. The molecular weight excluding hydrogens is 574 g/mol. The number of hydrogen-bond acceptors (Lipinski definition) is 2. The molecule has 0 radical (unpaired) electrons. The van der Waals surface area contributed by atoms with Crippen molar-refractivity contribution >= 4 is 17.5 Å². The Bertz CT molecular complexity index is 2390. The molecule has 2 aliphatic carbocycles. The van der Waals surface area contributed by atoms with Crippen molar-refractivity contribution in [3.63, 3.8) is 0 Å². The largest absolute Gasteiger partial charge is 0.492 e. The number of nitrogens with zero attached hydrogens (tertiary/aromatic N) is 4. The van der Waals surface area contributed by atoms with Crippen molar-refractivity contribution in [2.45, 2.75) is 11.0 Å². The zero-order valence-electron chi connectivity index (χ0n) is 25.7. The third kappa shape index (κ3) is 3.18. The average Bonchev–Trinajstić information content (AvgIpc) is 3.91. The van der Waals surface area contributed by atoms with Gasteiger partial charge in [0.1, 0.15) is 0 Å². The van der Waals surface area contributed by atoms with E-state index in [-0.39, 0.29) is 0 Å². The van der Waals surface area contributed by atoms with E-state index < -0.39 is 11.0 Å². The van der Waals surface area contributed by atoms with Gasteiger partial charge in [0.2, 0.25) is 0 Å². The van der Waals surface area contributed by atoms with Gasteiger partial charge in [0.15, 0.2) is 7.05 Å². The van der Waals surface area contributed by atoms with Crippen LogP contribution in [0, 0.1) is 0 Å². The van der Waals surface area contributed by atoms with E-state index in [1.165, 1.54) is 50.1 Å². The molecule has 5 heteroatoms. The van der Waals surface area contributed by atoms with Crippen LogP contribution in [0.1, 0.15) is 39.1 Å². The second-order valence-corrected chi connectivity index (χ2v) is 12.5. The zero-order chi connectivity index (χ0) is 31.2. The van der Waals surface area contributed by atoms with Crippen LogP contribution in [-0.4, -0.2) is 37.4 Å². The van der Waals surface area contributed by atoms with E-state index in [4.69, 9.17) is 4.98 Å². The van der Waals surface area contributed by atoms with Gasteiger partial charge in [-0.3, -0.25) is 5.10 Å². The standard InChI is InChI=1S/C42H29N5/c1-46-27-47(40-38(46)22-11-24-43-40)42(36-20-8-4-16-32(36)33-17-5-9-21-37(33)42)29-13-10-12-28(26-29)41(39-23-25-44-45-39)34-18-6-2-14-30(34)31-15-3-7-19-35(31)41/h2-26H,1H3,(H,44,45)/q+2. The SMILES string of the molecule is C[N+]1=C=[N+](C2(c3cccc(C4(c5ccn[nH]5)c5ccccc5-c5ccccc54)c3)c3ccccc3-c3ccccc32)c2ncccc21. The molecule has 0 atom stereocenters. The van der Waals surface area contributed by atoms with Crippen LogP contribution in [0.25, 0.3) is 22.3 Å². The summed E-state index contributed by atoms with van der Waals surface area (Å²) in [6.07, 6.45) is 3.74. The van der Waals surface area contributed by atoms with Crippen molar-refractivity contribution in [3.05, 3.63) is 191 Å². The van der Waals surface area contributed by atoms with Gasteiger partial charge in [-0.15, -0.1) is 0 Å². The van der Waals surface area contributed by atoms with Crippen molar-refractivity contribution in [2.24, 2.45) is 0 Å². The van der Waals surface area contributed by atoms with E-state index in [1.54, 1.807) is 0 Å². The molecule has 5 nitrogen and oxygen atoms in total. The van der Waals surface area contributed by atoms with Gasteiger partial charge in [-0.05, 0) is 57.1 Å². The fraction of sp³-hybridized carbons (Fsp3) is 0.0714. The minimum Gasteiger partial charge on any atom is -0.281 e. The Kier molecular flexibility index (Phi) is 5.23. The highest BCUT2D eigenvalue weighted by molar-refractivity contribution is 5.87. The van der Waals surface area contributed by atoms with E-state index in [9.17, 15) is 0 Å². The van der Waals surface area contributed by atoms with Crippen LogP contribution >= 0.6 is 0 Å². The van der Waals surface area contributed by atoms with E-state index in [0.717, 1.165) is 22.8 Å². The van der Waals surface area contributed by atoms with E-state index >= 15 is 0 Å². The average molecular weight is 604 g/mol. The summed E-state index contributed by atoms with van der Waals surface area (Å²) < 4.78 is 4.33. The Hall–Kier alpha value is -6.16. The first-order valence-electron chi connectivity index (χ1n) is 16.0. The molecule has 1 aliphatic heterocycles. The molecule has 3 heterocycles. The van der Waals surface area contributed by atoms with Gasteiger partial charge in [-0.2, -0.15) is 10.1 Å². The summed E-state index contributed by atoms with van der Waals surface area (Å²) in [5, 5.41) is 7.91. The van der Waals surface area contributed by atoms with Crippen molar-refractivity contribution < 1.29 is 9.15 Å². The third-order valence-electron chi connectivity index (χ3n) is 10.4. The van der Waals surface area contributed by atoms with Crippen LogP contribution in [0.5, 0.6) is 0 Å². The highest BCUT2D eigenvalue weighted by Crippen LogP contribution is 2.58. The highest BCUT2D eigenvalue weighted by Gasteiger charge is 2.60. The molecule has 47 heavy (non-hydrogen) atoms. The molecule has 0 unspecified atom stereocenters. The lowest BCUT2D eigenvalue weighted by Gasteiger charge is -2.33. The summed E-state index contributed by atoms with van der Waals surface area (Å²) in [5.41, 5.74) is 12.9. The molecule has 0 fully saturated rings. The van der Waals surface area contributed by atoms with Crippen LogP contribution in [0.4, 0.5) is 11.5 Å². The number of pyridine rings is 1. The van der Waals surface area contributed by atoms with Crippen molar-refractivity contribution in [1.29, 1.82) is 0 Å². The van der Waals surface area contributed by atoms with Crippen LogP contribution in [-0.2, 0) is 11.0 Å². The molecule has 1 N–H and O–H groups in total. The number of rotatable bonds is 4. The zero-order valence-corrected chi connectivity index (χ0v) is 25.7. The highest BCUT2D eigenvalue weighted by atomic mass is 15.3. The molecule has 7 aromatic rings. The Labute approximate surface area is 272 Å². The molecule has 2 aromatic heterocycles. The molecule has 0 spiro atoms. The maximum absolute atomic E-state index is 4.97. The van der Waals surface area contributed by atoms with Crippen molar-refractivity contribution in [2.75, 3.05) is 7.05 Å². The molecule has 0 bridgehead atoms. The van der Waals surface area contributed by atoms with Crippen LogP contribution < -0.4 is 0 Å². The quantitative estimate of drug-likeness (QED) is 0.206. The molecular formula is C42H29N5+2. The second kappa shape index (κ2) is 9.43. The molecule has 0 amide bonds. The van der Waals surface area contributed by atoms with Crippen LogP contribution in [0.3, 0.4) is 0 Å². The van der Waals surface area contributed by atoms with Crippen LogP contribution in [0.2, 0.25) is 0 Å². The first kappa shape index (κ1) is 26.1. The molecule has 3 aliphatic rings. The van der Waals surface area contributed by atoms with Crippen molar-refractivity contribution in [1.82, 2.24) is 15.2 Å². The first-order valence-corrected chi connectivity index (χ1v) is 16.0. The van der Waals surface area contributed by atoms with Gasteiger partial charge in [0.05, 0.1) is 11.1 Å². The molecule has 0 saturated carbocycles. The van der Waals surface area contributed by atoms with Gasteiger partial charge in [-0.1, -0.05) is 124 Å². The minimum atomic E-state index is -0.732. The van der Waals surface area contributed by atoms with Gasteiger partial charge < -0.3 is 0 Å². The summed E-state index contributed by atoms with van der Waals surface area (Å²) in [6, 6.07) is 54.4. The molecule has 10 rings (SSSR count). The van der Waals surface area contributed by atoms with Gasteiger partial charge in [0, 0.05) is 35.2 Å². The predicted octanol–water partition coefficient (Wildman–Crippen LogP) is 8.25. The first-order chi connectivity index (χ1) is 23.2. The lowest BCUT2D eigenvalue weighted by molar-refractivity contribution is -0.520. The van der Waals surface area contributed by atoms with Crippen LogP contribution in [0.15, 0.2) is 152 Å². The number of aromatic amines is 1. The number of fused-ring (bicyclic) bond motifs is 7. The summed E-state index contributed by atoms with van der Waals surface area (Å²) in [4.78, 5) is 4.97. The lowest BCUT2D eigenvalue weighted by Crippen LogP contribution is -2.38. The number of H-pyrrole nitrogens is 1. The Morgan fingerprint density at radius 3 is 1.77 bits per heavy atom. The maximum atomic E-state index is 4.97. The summed E-state index contributed by atoms with van der Waals surface area (Å²) in [5.74, 6) is 0.881. The topological polar surface area (TPSA) is 47.6 Å². The number of hydrogen-bond donors (Lipinski definition) is 1. The molecule has 0 saturated heterocycles. The molecule has 5 aromatic carbocycles. The smallest absolute Gasteiger partial charge is 0.281 e. The fourth-order valence-corrected chi connectivity index (χ4v) is 8.63. The monoisotopic (exact) mass is 603 g/mol. The maximum Gasteiger partial charge on any atom is 0.492 e. The van der Waals surface area contributed by atoms with E-state index in [2.05, 4.69) is 166 Å². The van der Waals surface area contributed by atoms with Crippen molar-refractivity contribution in [3.8, 4) is 22.3 Å². The van der Waals surface area contributed by atoms with Gasteiger partial charge in [0.25, 0.3) is 5.54 Å². The summed E-state index contributed by atoms with van der Waals surface area (Å²) >= 11 is 0. The lowest BCUT2D eigenvalue weighted by atomic mass is 9.68. The molecule has 220 valence electrons. The normalized spacial score (nSPS) is 15.6. The van der Waals surface area contributed by atoms with E-state index in [1.807, 2.05) is 18.5 Å². The number of aromatic nitrogens is 3. The minimum absolute atomic E-state index is 0.593. The predicted molar refractivity (Wildman–Crippen MR) is 183 cm³/mol. The van der Waals surface area contributed by atoms with Gasteiger partial charge in [-0.25, -0.2) is 0 Å². The number of nitrogens with one attached hydrogen (secondary N) is 1. The number of benzene rings is 5. The summed E-state index contributed by atoms with van der Waals surface area (Å²) in [7, 11) is 2.05. The fourth-order valence-electron chi connectivity index (χ4n) is 8.63. The Balaban J connectivity index is 1.34. The third-order valence-corrected chi connectivity index (χ3v) is 10.4. The summed E-state index contributed by atoms with van der Waals surface area (Å²) in [6.45, 7) is 0. The van der Waals surface area contributed by atoms with Gasteiger partial charge >= 0.3 is 17.5 Å². The second-order valence-electron chi connectivity index (χ2n) is 12.5. The van der Waals surface area contributed by atoms with E-state index in [0.29, 0.717) is 0 Å². The Morgan fingerprint density at radius 2 is 1.15 bits per heavy atom.